The molecular formula is C16H23N5O2S. The third-order valence-electron chi connectivity index (χ3n) is 5.14. The molecule has 130 valence electrons. The molecule has 0 atom stereocenters. The minimum Gasteiger partial charge on any atom is -0.333 e. The average Bonchev–Trinajstić information content (AvgIpc) is 3.21. The molecule has 1 fully saturated rings. The van der Waals surface area contributed by atoms with Gasteiger partial charge in [-0.15, -0.1) is 0 Å². The Kier molecular flexibility index (Phi) is 3.96. The van der Waals surface area contributed by atoms with E-state index in [-0.39, 0.29) is 5.03 Å². The van der Waals surface area contributed by atoms with E-state index in [9.17, 15) is 8.42 Å². The molecular weight excluding hydrogens is 326 g/mol. The van der Waals surface area contributed by atoms with Crippen molar-refractivity contribution < 1.29 is 8.42 Å². The molecule has 2 aliphatic rings. The maximum Gasteiger partial charge on any atom is 0.262 e. The van der Waals surface area contributed by atoms with Gasteiger partial charge in [-0.25, -0.2) is 13.4 Å². The summed E-state index contributed by atoms with van der Waals surface area (Å²) in [4.78, 5) is 4.40. The fourth-order valence-corrected chi connectivity index (χ4v) is 5.16. The predicted molar refractivity (Wildman–Crippen MR) is 89.1 cm³/mol. The maximum atomic E-state index is 12.9. The average molecular weight is 349 g/mol. The minimum absolute atomic E-state index is 0.222. The van der Waals surface area contributed by atoms with Gasteiger partial charge in [0.05, 0.1) is 6.20 Å². The van der Waals surface area contributed by atoms with E-state index in [1.54, 1.807) is 15.2 Å². The molecule has 4 heterocycles. The van der Waals surface area contributed by atoms with Crippen LogP contribution in [0.2, 0.25) is 0 Å². The normalized spacial score (nSPS) is 20.2. The number of piperidine rings is 1. The van der Waals surface area contributed by atoms with Crippen LogP contribution >= 0.6 is 0 Å². The van der Waals surface area contributed by atoms with E-state index >= 15 is 0 Å². The first-order valence-electron chi connectivity index (χ1n) is 8.59. The zero-order chi connectivity index (χ0) is 16.7. The standard InChI is InChI=1S/C16H23N5O2S/c1-19-11-14(10-17-19)13-5-8-21(9-6-13)24(22,23)16-12-20-7-3-2-4-15(20)18-16/h10-13H,2-9H2,1H3. The van der Waals surface area contributed by atoms with Crippen LogP contribution in [0, 0.1) is 0 Å². The molecule has 0 spiro atoms. The smallest absolute Gasteiger partial charge is 0.262 e. The van der Waals surface area contributed by atoms with Crippen LogP contribution in [0.5, 0.6) is 0 Å². The number of imidazole rings is 1. The summed E-state index contributed by atoms with van der Waals surface area (Å²) < 4.78 is 31.2. The minimum atomic E-state index is -3.48. The summed E-state index contributed by atoms with van der Waals surface area (Å²) in [5.41, 5.74) is 1.20. The van der Waals surface area contributed by atoms with Crippen molar-refractivity contribution in [1.82, 2.24) is 23.6 Å². The molecule has 0 amide bonds. The second kappa shape index (κ2) is 6.00. The van der Waals surface area contributed by atoms with Crippen molar-refractivity contribution >= 4 is 10.0 Å². The first kappa shape index (κ1) is 15.8. The zero-order valence-electron chi connectivity index (χ0n) is 13.9. The van der Waals surface area contributed by atoms with Gasteiger partial charge in [-0.3, -0.25) is 4.68 Å². The molecule has 0 radical (unpaired) electrons. The van der Waals surface area contributed by atoms with E-state index < -0.39 is 10.0 Å². The number of aromatic nitrogens is 4. The van der Waals surface area contributed by atoms with Crippen molar-refractivity contribution in [2.75, 3.05) is 13.1 Å². The Balaban J connectivity index is 1.49. The first-order chi connectivity index (χ1) is 11.5. The quantitative estimate of drug-likeness (QED) is 0.842. The molecule has 2 aromatic rings. The number of sulfonamides is 1. The number of aryl methyl sites for hydroxylation is 3. The van der Waals surface area contributed by atoms with E-state index in [4.69, 9.17) is 0 Å². The van der Waals surface area contributed by atoms with Crippen LogP contribution < -0.4 is 0 Å². The molecule has 24 heavy (non-hydrogen) atoms. The van der Waals surface area contributed by atoms with Gasteiger partial charge in [0, 0.05) is 45.5 Å². The third-order valence-corrected chi connectivity index (χ3v) is 6.91. The largest absolute Gasteiger partial charge is 0.333 e. The molecule has 0 unspecified atom stereocenters. The topological polar surface area (TPSA) is 73.0 Å². The van der Waals surface area contributed by atoms with Crippen LogP contribution in [0.4, 0.5) is 0 Å². The number of hydrogen-bond donors (Lipinski definition) is 0. The summed E-state index contributed by atoms with van der Waals surface area (Å²) in [6.45, 7) is 1.97. The second-order valence-electron chi connectivity index (χ2n) is 6.77. The number of rotatable bonds is 3. The highest BCUT2D eigenvalue weighted by Gasteiger charge is 2.32. The van der Waals surface area contributed by atoms with E-state index in [0.29, 0.717) is 19.0 Å². The molecule has 2 aliphatic heterocycles. The fourth-order valence-electron chi connectivity index (χ4n) is 3.72. The van der Waals surface area contributed by atoms with Crippen LogP contribution in [0.25, 0.3) is 0 Å². The number of fused-ring (bicyclic) bond motifs is 1. The molecule has 7 nitrogen and oxygen atoms in total. The highest BCUT2D eigenvalue weighted by molar-refractivity contribution is 7.89. The molecule has 0 bridgehead atoms. The Hall–Kier alpha value is -1.67. The summed E-state index contributed by atoms with van der Waals surface area (Å²) in [5.74, 6) is 1.30. The summed E-state index contributed by atoms with van der Waals surface area (Å²) in [6, 6.07) is 0. The lowest BCUT2D eigenvalue weighted by molar-refractivity contribution is 0.318. The Bertz CT molecular complexity index is 807. The van der Waals surface area contributed by atoms with Gasteiger partial charge in [-0.1, -0.05) is 0 Å². The zero-order valence-corrected chi connectivity index (χ0v) is 14.7. The lowest BCUT2D eigenvalue weighted by atomic mass is 9.93. The number of hydrogen-bond acceptors (Lipinski definition) is 4. The molecule has 0 aromatic carbocycles. The summed E-state index contributed by atoms with van der Waals surface area (Å²) >= 11 is 0. The summed E-state index contributed by atoms with van der Waals surface area (Å²) in [5, 5.41) is 4.44. The second-order valence-corrected chi connectivity index (χ2v) is 8.66. The number of nitrogens with zero attached hydrogens (tertiary/aromatic N) is 5. The van der Waals surface area contributed by atoms with Crippen molar-refractivity contribution in [3.8, 4) is 0 Å². The van der Waals surface area contributed by atoms with Gasteiger partial charge in [0.1, 0.15) is 5.82 Å². The SMILES string of the molecule is Cn1cc(C2CCN(S(=O)(=O)c3cn4c(n3)CCCC4)CC2)cn1. The van der Waals surface area contributed by atoms with E-state index in [0.717, 1.165) is 44.5 Å². The van der Waals surface area contributed by atoms with Crippen molar-refractivity contribution in [3.63, 3.8) is 0 Å². The molecule has 0 N–H and O–H groups in total. The van der Waals surface area contributed by atoms with Gasteiger partial charge in [0.15, 0.2) is 5.03 Å². The van der Waals surface area contributed by atoms with Crippen LogP contribution in [0.1, 0.15) is 43.0 Å². The molecule has 0 aliphatic carbocycles. The van der Waals surface area contributed by atoms with Crippen LogP contribution in [-0.4, -0.2) is 45.1 Å². The van der Waals surface area contributed by atoms with Crippen LogP contribution in [-0.2, 0) is 30.0 Å². The van der Waals surface area contributed by atoms with Crippen LogP contribution in [0.15, 0.2) is 23.6 Å². The predicted octanol–water partition coefficient (Wildman–Crippen LogP) is 1.52. The molecule has 0 saturated carbocycles. The third kappa shape index (κ3) is 2.77. The van der Waals surface area contributed by atoms with Crippen LogP contribution in [0.3, 0.4) is 0 Å². The van der Waals surface area contributed by atoms with Crippen molar-refractivity contribution in [2.45, 2.75) is 49.6 Å². The maximum absolute atomic E-state index is 12.9. The van der Waals surface area contributed by atoms with Gasteiger partial charge in [-0.2, -0.15) is 9.40 Å². The monoisotopic (exact) mass is 349 g/mol. The van der Waals surface area contributed by atoms with Crippen molar-refractivity contribution in [2.24, 2.45) is 7.05 Å². The van der Waals surface area contributed by atoms with Gasteiger partial charge >= 0.3 is 0 Å². The van der Waals surface area contributed by atoms with Gasteiger partial charge < -0.3 is 4.57 Å². The van der Waals surface area contributed by atoms with Gasteiger partial charge in [0.2, 0.25) is 0 Å². The Labute approximate surface area is 142 Å². The molecule has 4 rings (SSSR count). The fraction of sp³-hybridized carbons (Fsp3) is 0.625. The summed E-state index contributed by atoms with van der Waals surface area (Å²) in [6.07, 6.45) is 10.4. The van der Waals surface area contributed by atoms with E-state index in [1.165, 1.54) is 5.56 Å². The Morgan fingerprint density at radius 3 is 2.58 bits per heavy atom. The van der Waals surface area contributed by atoms with Gasteiger partial charge in [0.25, 0.3) is 10.0 Å². The summed E-state index contributed by atoms with van der Waals surface area (Å²) in [7, 11) is -1.57. The molecule has 8 heteroatoms. The van der Waals surface area contributed by atoms with Crippen molar-refractivity contribution in [1.29, 1.82) is 0 Å². The highest BCUT2D eigenvalue weighted by atomic mass is 32.2. The van der Waals surface area contributed by atoms with E-state index in [1.807, 2.05) is 24.0 Å². The lowest BCUT2D eigenvalue weighted by Gasteiger charge is -2.30. The molecule has 2 aromatic heterocycles. The highest BCUT2D eigenvalue weighted by Crippen LogP contribution is 2.30. The van der Waals surface area contributed by atoms with Gasteiger partial charge in [-0.05, 0) is 37.2 Å². The Morgan fingerprint density at radius 1 is 1.12 bits per heavy atom. The van der Waals surface area contributed by atoms with Crippen molar-refractivity contribution in [3.05, 3.63) is 30.0 Å². The lowest BCUT2D eigenvalue weighted by Crippen LogP contribution is -2.38. The molecule has 1 saturated heterocycles. The van der Waals surface area contributed by atoms with E-state index in [2.05, 4.69) is 10.1 Å². The Morgan fingerprint density at radius 2 is 1.92 bits per heavy atom. The first-order valence-corrected chi connectivity index (χ1v) is 10.0.